The van der Waals surface area contributed by atoms with Crippen LogP contribution in [0.15, 0.2) is 30.3 Å². The number of benzene rings is 1. The normalized spacial score (nSPS) is 22.2. The maximum Gasteiger partial charge on any atom is 0.0853 e. The molecule has 2 rings (SSSR count). The molecule has 0 bridgehead atoms. The third-order valence-electron chi connectivity index (χ3n) is 4.88. The van der Waals surface area contributed by atoms with E-state index in [0.29, 0.717) is 0 Å². The van der Waals surface area contributed by atoms with E-state index in [1.807, 2.05) is 30.3 Å². The minimum Gasteiger partial charge on any atom is -0.388 e. The van der Waals surface area contributed by atoms with Crippen LogP contribution in [-0.4, -0.2) is 53.7 Å². The lowest BCUT2D eigenvalue weighted by atomic mass is 9.81. The number of piperazine rings is 1. The zero-order valence-corrected chi connectivity index (χ0v) is 14.1. The standard InChI is InChI=1S/C18H30N2O/c1-17(2,16(21)15-9-7-6-8-10-15)13-20-12-11-19(5)18(3,4)14-20/h6-10,16,21H,11-14H2,1-5H3. The van der Waals surface area contributed by atoms with Crippen molar-refractivity contribution in [2.24, 2.45) is 5.41 Å². The Morgan fingerprint density at radius 1 is 1.19 bits per heavy atom. The molecule has 0 aromatic heterocycles. The molecule has 21 heavy (non-hydrogen) atoms. The summed E-state index contributed by atoms with van der Waals surface area (Å²) in [7, 11) is 2.20. The predicted octanol–water partition coefficient (Wildman–Crippen LogP) is 2.77. The van der Waals surface area contributed by atoms with E-state index in [-0.39, 0.29) is 11.0 Å². The number of aliphatic hydroxyl groups excluding tert-OH is 1. The van der Waals surface area contributed by atoms with Crippen molar-refractivity contribution in [2.45, 2.75) is 39.3 Å². The molecule has 1 aromatic carbocycles. The first-order chi connectivity index (χ1) is 9.72. The van der Waals surface area contributed by atoms with E-state index in [1.165, 1.54) is 0 Å². The highest BCUT2D eigenvalue weighted by atomic mass is 16.3. The minimum atomic E-state index is -0.429. The summed E-state index contributed by atoms with van der Waals surface area (Å²) >= 11 is 0. The smallest absolute Gasteiger partial charge is 0.0853 e. The second kappa shape index (κ2) is 6.07. The van der Waals surface area contributed by atoms with E-state index in [2.05, 4.69) is 44.5 Å². The van der Waals surface area contributed by atoms with Gasteiger partial charge in [0, 0.05) is 37.1 Å². The largest absolute Gasteiger partial charge is 0.388 e. The van der Waals surface area contributed by atoms with E-state index in [0.717, 1.165) is 31.7 Å². The molecule has 0 radical (unpaired) electrons. The number of rotatable bonds is 4. The molecular weight excluding hydrogens is 260 g/mol. The van der Waals surface area contributed by atoms with Crippen molar-refractivity contribution in [1.82, 2.24) is 9.80 Å². The highest BCUT2D eigenvalue weighted by molar-refractivity contribution is 5.19. The van der Waals surface area contributed by atoms with E-state index >= 15 is 0 Å². The molecule has 1 N–H and O–H groups in total. The maximum absolute atomic E-state index is 10.7. The van der Waals surface area contributed by atoms with Crippen LogP contribution in [-0.2, 0) is 0 Å². The van der Waals surface area contributed by atoms with Gasteiger partial charge in [0.05, 0.1) is 6.10 Å². The third kappa shape index (κ3) is 3.85. The number of hydrogen-bond acceptors (Lipinski definition) is 3. The topological polar surface area (TPSA) is 26.7 Å². The van der Waals surface area contributed by atoms with Crippen LogP contribution in [0.2, 0.25) is 0 Å². The summed E-state index contributed by atoms with van der Waals surface area (Å²) in [4.78, 5) is 4.91. The van der Waals surface area contributed by atoms with Gasteiger partial charge in [-0.05, 0) is 26.5 Å². The van der Waals surface area contributed by atoms with Crippen LogP contribution in [0.1, 0.15) is 39.4 Å². The molecule has 3 nitrogen and oxygen atoms in total. The molecule has 1 unspecified atom stereocenters. The molecule has 0 amide bonds. The highest BCUT2D eigenvalue weighted by Gasteiger charge is 2.36. The van der Waals surface area contributed by atoms with Crippen LogP contribution in [0, 0.1) is 5.41 Å². The van der Waals surface area contributed by atoms with Gasteiger partial charge in [-0.25, -0.2) is 0 Å². The van der Waals surface area contributed by atoms with Gasteiger partial charge in [-0.15, -0.1) is 0 Å². The summed E-state index contributed by atoms with van der Waals surface area (Å²) < 4.78 is 0. The van der Waals surface area contributed by atoms with E-state index < -0.39 is 6.10 Å². The van der Waals surface area contributed by atoms with Gasteiger partial charge in [0.15, 0.2) is 0 Å². The first-order valence-corrected chi connectivity index (χ1v) is 7.89. The molecule has 0 aliphatic carbocycles. The monoisotopic (exact) mass is 290 g/mol. The molecule has 1 fully saturated rings. The van der Waals surface area contributed by atoms with E-state index in [1.54, 1.807) is 0 Å². The van der Waals surface area contributed by atoms with Gasteiger partial charge in [-0.1, -0.05) is 44.2 Å². The van der Waals surface area contributed by atoms with Gasteiger partial charge in [-0.2, -0.15) is 0 Å². The molecule has 1 atom stereocenters. The van der Waals surface area contributed by atoms with Crippen LogP contribution in [0.3, 0.4) is 0 Å². The third-order valence-corrected chi connectivity index (χ3v) is 4.88. The lowest BCUT2D eigenvalue weighted by molar-refractivity contribution is -0.0191. The van der Waals surface area contributed by atoms with Gasteiger partial charge < -0.3 is 5.11 Å². The van der Waals surface area contributed by atoms with Gasteiger partial charge in [0.25, 0.3) is 0 Å². The summed E-state index contributed by atoms with van der Waals surface area (Å²) in [6, 6.07) is 10.0. The molecule has 1 aliphatic heterocycles. The molecule has 0 saturated carbocycles. The van der Waals surface area contributed by atoms with Crippen LogP contribution in [0.4, 0.5) is 0 Å². The summed E-state index contributed by atoms with van der Waals surface area (Å²) in [5, 5.41) is 10.7. The Morgan fingerprint density at radius 3 is 2.38 bits per heavy atom. The number of likely N-dealkylation sites (N-methyl/N-ethyl adjacent to an activating group) is 1. The fourth-order valence-corrected chi connectivity index (χ4v) is 3.23. The van der Waals surface area contributed by atoms with Crippen LogP contribution in [0.25, 0.3) is 0 Å². The zero-order valence-electron chi connectivity index (χ0n) is 14.1. The second-order valence-corrected chi connectivity index (χ2v) is 7.75. The Labute approximate surface area is 129 Å². The van der Waals surface area contributed by atoms with Crippen molar-refractivity contribution >= 4 is 0 Å². The molecule has 3 heteroatoms. The second-order valence-electron chi connectivity index (χ2n) is 7.75. The molecule has 0 spiro atoms. The fraction of sp³-hybridized carbons (Fsp3) is 0.667. The summed E-state index contributed by atoms with van der Waals surface area (Å²) in [6.45, 7) is 13.0. The van der Waals surface area contributed by atoms with Gasteiger partial charge >= 0.3 is 0 Å². The molecule has 1 aliphatic rings. The molecular formula is C18H30N2O. The summed E-state index contributed by atoms with van der Waals surface area (Å²) in [6.07, 6.45) is -0.429. The number of nitrogens with zero attached hydrogens (tertiary/aromatic N) is 2. The van der Waals surface area contributed by atoms with Crippen LogP contribution in [0.5, 0.6) is 0 Å². The first kappa shape index (κ1) is 16.5. The number of hydrogen-bond donors (Lipinski definition) is 1. The Morgan fingerprint density at radius 2 is 1.81 bits per heavy atom. The quantitative estimate of drug-likeness (QED) is 0.923. The summed E-state index contributed by atoms with van der Waals surface area (Å²) in [5.41, 5.74) is 1.05. The number of aliphatic hydroxyl groups is 1. The Hall–Kier alpha value is -0.900. The van der Waals surface area contributed by atoms with Crippen molar-refractivity contribution in [3.05, 3.63) is 35.9 Å². The first-order valence-electron chi connectivity index (χ1n) is 7.89. The Kier molecular flexibility index (Phi) is 4.76. The van der Waals surface area contributed by atoms with Crippen molar-refractivity contribution in [3.8, 4) is 0 Å². The van der Waals surface area contributed by atoms with Crippen molar-refractivity contribution < 1.29 is 5.11 Å². The Balaban J connectivity index is 2.04. The van der Waals surface area contributed by atoms with Crippen molar-refractivity contribution in [1.29, 1.82) is 0 Å². The van der Waals surface area contributed by atoms with Crippen LogP contribution >= 0.6 is 0 Å². The van der Waals surface area contributed by atoms with Gasteiger partial charge in [0.2, 0.25) is 0 Å². The maximum atomic E-state index is 10.7. The lowest BCUT2D eigenvalue weighted by Gasteiger charge is -2.48. The molecule has 1 aromatic rings. The lowest BCUT2D eigenvalue weighted by Crippen LogP contribution is -2.59. The van der Waals surface area contributed by atoms with Crippen molar-refractivity contribution in [2.75, 3.05) is 33.2 Å². The van der Waals surface area contributed by atoms with E-state index in [9.17, 15) is 5.11 Å². The van der Waals surface area contributed by atoms with E-state index in [4.69, 9.17) is 0 Å². The van der Waals surface area contributed by atoms with Crippen LogP contribution < -0.4 is 0 Å². The summed E-state index contributed by atoms with van der Waals surface area (Å²) in [5.74, 6) is 0. The zero-order chi connectivity index (χ0) is 15.7. The van der Waals surface area contributed by atoms with Crippen molar-refractivity contribution in [3.63, 3.8) is 0 Å². The van der Waals surface area contributed by atoms with Gasteiger partial charge in [-0.3, -0.25) is 9.80 Å². The van der Waals surface area contributed by atoms with Gasteiger partial charge in [0.1, 0.15) is 0 Å². The minimum absolute atomic E-state index is 0.159. The molecule has 1 saturated heterocycles. The average Bonchev–Trinajstić information content (AvgIpc) is 2.42. The average molecular weight is 290 g/mol. The molecule has 1 heterocycles. The Bertz CT molecular complexity index is 456. The molecule has 118 valence electrons. The SMILES string of the molecule is CN1CCN(CC(C)(C)C(O)c2ccccc2)CC1(C)C. The fourth-order valence-electron chi connectivity index (χ4n) is 3.23. The highest BCUT2D eigenvalue weighted by Crippen LogP contribution is 2.35. The predicted molar refractivity (Wildman–Crippen MR) is 88.3 cm³/mol.